The van der Waals surface area contributed by atoms with Gasteiger partial charge < -0.3 is 5.73 Å². The molecule has 1 heterocycles. The summed E-state index contributed by atoms with van der Waals surface area (Å²) in [6.07, 6.45) is 4.38. The lowest BCUT2D eigenvalue weighted by molar-refractivity contribution is 0.566. The van der Waals surface area contributed by atoms with E-state index >= 15 is 0 Å². The number of benzene rings is 1. The first-order valence-electron chi connectivity index (χ1n) is 6.64. The Labute approximate surface area is 123 Å². The third-order valence-corrected chi connectivity index (χ3v) is 4.71. The maximum Gasteiger partial charge on any atom is 0.241 e. The number of hydrogen-bond acceptors (Lipinski definition) is 4. The summed E-state index contributed by atoms with van der Waals surface area (Å²) < 4.78 is 27.6. The summed E-state index contributed by atoms with van der Waals surface area (Å²) in [5.74, 6) is -0.178. The number of rotatable bonds is 6. The van der Waals surface area contributed by atoms with Crippen LogP contribution in [0.15, 0.2) is 41.6 Å². The molecule has 4 N–H and O–H groups in total. The van der Waals surface area contributed by atoms with Crippen LogP contribution in [-0.4, -0.2) is 25.3 Å². The lowest BCUT2D eigenvalue weighted by Crippen LogP contribution is -2.43. The first-order chi connectivity index (χ1) is 9.95. The van der Waals surface area contributed by atoms with Crippen LogP contribution in [0.3, 0.4) is 0 Å². The van der Waals surface area contributed by atoms with E-state index in [4.69, 9.17) is 11.1 Å². The van der Waals surface area contributed by atoms with Gasteiger partial charge in [-0.1, -0.05) is 25.5 Å². The lowest BCUT2D eigenvalue weighted by atomic mass is 10.2. The molecule has 6 nitrogen and oxygen atoms in total. The maximum absolute atomic E-state index is 12.6. The molecule has 0 aliphatic heterocycles. The van der Waals surface area contributed by atoms with Crippen LogP contribution in [0.4, 0.5) is 0 Å². The van der Waals surface area contributed by atoms with Gasteiger partial charge in [0.2, 0.25) is 10.0 Å². The molecule has 0 radical (unpaired) electrons. The molecule has 112 valence electrons. The highest BCUT2D eigenvalue weighted by Gasteiger charge is 2.23. The minimum atomic E-state index is -3.75. The topological polar surface area (TPSA) is 109 Å². The van der Waals surface area contributed by atoms with E-state index in [1.54, 1.807) is 30.6 Å². The van der Waals surface area contributed by atoms with Gasteiger partial charge in [-0.15, -0.1) is 0 Å². The van der Waals surface area contributed by atoms with E-state index in [0.717, 1.165) is 11.8 Å². The fourth-order valence-electron chi connectivity index (χ4n) is 2.14. The van der Waals surface area contributed by atoms with Crippen molar-refractivity contribution in [3.63, 3.8) is 0 Å². The molecular weight excluding hydrogens is 288 g/mol. The zero-order chi connectivity index (χ0) is 15.5. The van der Waals surface area contributed by atoms with Gasteiger partial charge in [-0.3, -0.25) is 10.4 Å². The molecule has 0 saturated carbocycles. The van der Waals surface area contributed by atoms with Crippen molar-refractivity contribution >= 4 is 26.6 Å². The Hall–Kier alpha value is -1.99. The standard InChI is InChI=1S/C14H18N4O2S/c1-2-4-12(14(15)16)18-21(19,20)13-6-3-5-10-9-17-8-7-11(10)13/h3,5-9,12,18H,2,4H2,1H3,(H3,15,16). The molecule has 0 bridgehead atoms. The summed E-state index contributed by atoms with van der Waals surface area (Å²) in [4.78, 5) is 4.16. The summed E-state index contributed by atoms with van der Waals surface area (Å²) in [6.45, 7) is 1.91. The Bertz CT molecular complexity index is 753. The van der Waals surface area contributed by atoms with Gasteiger partial charge in [0.05, 0.1) is 10.9 Å². The summed E-state index contributed by atoms with van der Waals surface area (Å²) in [5, 5.41) is 8.84. The number of hydrogen-bond donors (Lipinski definition) is 3. The fourth-order valence-corrected chi connectivity index (χ4v) is 3.62. The van der Waals surface area contributed by atoms with Crippen molar-refractivity contribution in [2.24, 2.45) is 5.73 Å². The van der Waals surface area contributed by atoms with Gasteiger partial charge in [-0.25, -0.2) is 13.1 Å². The van der Waals surface area contributed by atoms with Gasteiger partial charge in [0, 0.05) is 23.2 Å². The Balaban J connectivity index is 2.44. The molecule has 1 atom stereocenters. The van der Waals surface area contributed by atoms with Crippen LogP contribution >= 0.6 is 0 Å². The number of nitrogens with two attached hydrogens (primary N) is 1. The van der Waals surface area contributed by atoms with Crippen LogP contribution in [-0.2, 0) is 10.0 Å². The van der Waals surface area contributed by atoms with Crippen molar-refractivity contribution in [1.29, 1.82) is 5.41 Å². The Morgan fingerprint density at radius 2 is 2.19 bits per heavy atom. The van der Waals surface area contributed by atoms with Crippen molar-refractivity contribution in [3.8, 4) is 0 Å². The van der Waals surface area contributed by atoms with Gasteiger partial charge in [0.1, 0.15) is 5.84 Å². The average molecular weight is 306 g/mol. The molecule has 1 aromatic carbocycles. The van der Waals surface area contributed by atoms with Crippen LogP contribution in [0.1, 0.15) is 19.8 Å². The van der Waals surface area contributed by atoms with E-state index in [-0.39, 0.29) is 10.7 Å². The number of sulfonamides is 1. The van der Waals surface area contributed by atoms with E-state index in [2.05, 4.69) is 9.71 Å². The van der Waals surface area contributed by atoms with Crippen molar-refractivity contribution in [3.05, 3.63) is 36.7 Å². The third kappa shape index (κ3) is 3.37. The molecule has 1 unspecified atom stereocenters. The predicted octanol–water partition coefficient (Wildman–Crippen LogP) is 1.62. The Morgan fingerprint density at radius 3 is 2.86 bits per heavy atom. The molecule has 0 aliphatic carbocycles. The minimum absolute atomic E-state index is 0.171. The van der Waals surface area contributed by atoms with E-state index < -0.39 is 16.1 Å². The molecule has 0 aliphatic rings. The zero-order valence-electron chi connectivity index (χ0n) is 11.7. The molecule has 0 fully saturated rings. The van der Waals surface area contributed by atoms with Gasteiger partial charge in [0.25, 0.3) is 0 Å². The van der Waals surface area contributed by atoms with Crippen LogP contribution in [0.5, 0.6) is 0 Å². The summed E-state index contributed by atoms with van der Waals surface area (Å²) in [7, 11) is -3.75. The van der Waals surface area contributed by atoms with E-state index in [1.807, 2.05) is 6.92 Å². The van der Waals surface area contributed by atoms with Crippen molar-refractivity contribution in [1.82, 2.24) is 9.71 Å². The number of amidine groups is 1. The number of nitrogens with zero attached hydrogens (tertiary/aromatic N) is 1. The van der Waals surface area contributed by atoms with Crippen LogP contribution in [0, 0.1) is 5.41 Å². The fraction of sp³-hybridized carbons (Fsp3) is 0.286. The van der Waals surface area contributed by atoms with Crippen molar-refractivity contribution in [2.75, 3.05) is 0 Å². The molecule has 0 spiro atoms. The molecule has 1 aromatic heterocycles. The number of pyridine rings is 1. The maximum atomic E-state index is 12.6. The molecule has 7 heteroatoms. The highest BCUT2D eigenvalue weighted by Crippen LogP contribution is 2.22. The highest BCUT2D eigenvalue weighted by atomic mass is 32.2. The Morgan fingerprint density at radius 1 is 1.43 bits per heavy atom. The van der Waals surface area contributed by atoms with Gasteiger partial charge >= 0.3 is 0 Å². The van der Waals surface area contributed by atoms with Crippen molar-refractivity contribution in [2.45, 2.75) is 30.7 Å². The first-order valence-corrected chi connectivity index (χ1v) is 8.13. The molecule has 0 saturated heterocycles. The third-order valence-electron chi connectivity index (χ3n) is 3.18. The second kappa shape index (κ2) is 6.19. The van der Waals surface area contributed by atoms with Gasteiger partial charge in [0.15, 0.2) is 0 Å². The number of nitrogens with one attached hydrogen (secondary N) is 2. The monoisotopic (exact) mass is 306 g/mol. The quantitative estimate of drug-likeness (QED) is 0.556. The largest absolute Gasteiger partial charge is 0.386 e. The zero-order valence-corrected chi connectivity index (χ0v) is 12.5. The van der Waals surface area contributed by atoms with Gasteiger partial charge in [-0.2, -0.15) is 0 Å². The molecule has 2 aromatic rings. The Kier molecular flexibility index (Phi) is 4.54. The predicted molar refractivity (Wildman–Crippen MR) is 82.7 cm³/mol. The SMILES string of the molecule is CCCC(NS(=O)(=O)c1cccc2cnccc12)C(=N)N. The minimum Gasteiger partial charge on any atom is -0.386 e. The molecular formula is C14H18N4O2S. The number of fused-ring (bicyclic) bond motifs is 1. The van der Waals surface area contributed by atoms with Crippen LogP contribution in [0.2, 0.25) is 0 Å². The van der Waals surface area contributed by atoms with E-state index in [0.29, 0.717) is 11.8 Å². The van der Waals surface area contributed by atoms with E-state index in [1.165, 1.54) is 6.07 Å². The summed E-state index contributed by atoms with van der Waals surface area (Å²) >= 11 is 0. The highest BCUT2D eigenvalue weighted by molar-refractivity contribution is 7.89. The van der Waals surface area contributed by atoms with Crippen LogP contribution in [0.25, 0.3) is 10.8 Å². The van der Waals surface area contributed by atoms with Crippen LogP contribution < -0.4 is 10.5 Å². The smallest absolute Gasteiger partial charge is 0.241 e. The molecule has 2 rings (SSSR count). The second-order valence-electron chi connectivity index (χ2n) is 4.77. The summed E-state index contributed by atoms with van der Waals surface area (Å²) in [6, 6.07) is 5.98. The molecule has 21 heavy (non-hydrogen) atoms. The van der Waals surface area contributed by atoms with E-state index in [9.17, 15) is 8.42 Å². The van der Waals surface area contributed by atoms with Gasteiger partial charge in [-0.05, 0) is 18.6 Å². The number of aromatic nitrogens is 1. The first kappa shape index (κ1) is 15.4. The second-order valence-corrected chi connectivity index (χ2v) is 6.45. The average Bonchev–Trinajstić information content (AvgIpc) is 2.46. The summed E-state index contributed by atoms with van der Waals surface area (Å²) in [5.41, 5.74) is 5.47. The molecule has 0 amide bonds. The normalized spacial score (nSPS) is 13.2. The lowest BCUT2D eigenvalue weighted by Gasteiger charge is -2.17. The van der Waals surface area contributed by atoms with Crippen molar-refractivity contribution < 1.29 is 8.42 Å².